The van der Waals surface area contributed by atoms with Crippen LogP contribution in [0.2, 0.25) is 0 Å². The summed E-state index contributed by atoms with van der Waals surface area (Å²) in [6.45, 7) is 18.3. The lowest BCUT2D eigenvalue weighted by molar-refractivity contribution is -0.121. The third-order valence-electron chi connectivity index (χ3n) is 6.11. The van der Waals surface area contributed by atoms with E-state index in [2.05, 4.69) is 28.2 Å². The number of aryl methyl sites for hydroxylation is 1. The Bertz CT molecular complexity index is 874. The van der Waals surface area contributed by atoms with Crippen LogP contribution < -0.4 is 10.1 Å². The molecule has 1 amide bonds. The van der Waals surface area contributed by atoms with Gasteiger partial charge in [0.2, 0.25) is 5.91 Å². The molecule has 1 saturated carbocycles. The second-order valence-electron chi connectivity index (χ2n) is 8.08. The Balaban J connectivity index is 0. The van der Waals surface area contributed by atoms with E-state index < -0.39 is 0 Å². The molecule has 5 heteroatoms. The van der Waals surface area contributed by atoms with Gasteiger partial charge >= 0.3 is 0 Å². The molecule has 0 heterocycles. The second-order valence-corrected chi connectivity index (χ2v) is 8.93. The lowest BCUT2D eigenvalue weighted by atomic mass is 9.80. The number of anilines is 1. The number of halogens is 1. The van der Waals surface area contributed by atoms with Gasteiger partial charge in [0.1, 0.15) is 12.0 Å². The number of hydrogen-bond acceptors (Lipinski definition) is 3. The molecule has 1 fully saturated rings. The molecule has 2 aromatic carbocycles. The third kappa shape index (κ3) is 13.3. The van der Waals surface area contributed by atoms with E-state index in [1.807, 2.05) is 91.8 Å². The van der Waals surface area contributed by atoms with Gasteiger partial charge in [0, 0.05) is 27.7 Å². The van der Waals surface area contributed by atoms with E-state index >= 15 is 0 Å². The van der Waals surface area contributed by atoms with Gasteiger partial charge in [0.15, 0.2) is 0 Å². The van der Waals surface area contributed by atoms with Crippen molar-refractivity contribution in [1.82, 2.24) is 0 Å². The second kappa shape index (κ2) is 23.0. The Kier molecular flexibility index (Phi) is 23.0. The molecule has 0 spiro atoms. The molecule has 0 aliphatic heterocycles. The van der Waals surface area contributed by atoms with Crippen molar-refractivity contribution in [3.05, 3.63) is 57.6 Å². The number of aldehydes is 1. The Hall–Kier alpha value is -2.14. The van der Waals surface area contributed by atoms with E-state index in [9.17, 15) is 9.59 Å². The highest BCUT2D eigenvalue weighted by molar-refractivity contribution is 9.10. The fourth-order valence-electron chi connectivity index (χ4n) is 4.03. The summed E-state index contributed by atoms with van der Waals surface area (Å²) in [6, 6.07) is 11.5. The molecular weight excluding hydrogens is 526 g/mol. The first-order valence-corrected chi connectivity index (χ1v) is 14.9. The van der Waals surface area contributed by atoms with E-state index in [0.717, 1.165) is 64.1 Å². The van der Waals surface area contributed by atoms with Crippen LogP contribution in [-0.2, 0) is 11.2 Å². The molecule has 0 aromatic heterocycles. The van der Waals surface area contributed by atoms with Gasteiger partial charge in [-0.1, -0.05) is 95.9 Å². The fourth-order valence-corrected chi connectivity index (χ4v) is 4.70. The first-order valence-electron chi connectivity index (χ1n) is 14.1. The predicted molar refractivity (Wildman–Crippen MR) is 165 cm³/mol. The molecule has 1 aliphatic rings. The smallest absolute Gasteiger partial charge is 0.227 e. The van der Waals surface area contributed by atoms with Crippen molar-refractivity contribution >= 4 is 33.8 Å². The van der Waals surface area contributed by atoms with Crippen LogP contribution in [0.15, 0.2) is 40.9 Å². The number of carbonyl (C=O) groups excluding carboxylic acids is 2. The highest BCUT2D eigenvalue weighted by Gasteiger charge is 2.25. The quantitative estimate of drug-likeness (QED) is 0.347. The number of carbonyl (C=O) groups is 2. The van der Waals surface area contributed by atoms with Crippen LogP contribution in [0.1, 0.15) is 109 Å². The standard InChI is InChI=1S/C17H25NO2.C9H9BrO.3C2H6/c1-4-13-6-8-14(9-7-13)17(19)18-15-10-5-12(2)16(11-15)20-3;1-2-8-7(6-11)4-3-5-9(8)10;3*1-2/h5,10-11,13-14H,4,6-9H2,1-3H3,(H,18,19);3-6H,2H2,1H3;3*1-2H3. The zero-order valence-electron chi connectivity index (χ0n) is 25.0. The van der Waals surface area contributed by atoms with Gasteiger partial charge in [-0.3, -0.25) is 9.59 Å². The molecule has 2 aromatic rings. The van der Waals surface area contributed by atoms with Crippen molar-refractivity contribution in [2.45, 2.75) is 101 Å². The van der Waals surface area contributed by atoms with Crippen LogP contribution in [0.3, 0.4) is 0 Å². The predicted octanol–water partition coefficient (Wildman–Crippen LogP) is 10.1. The Morgan fingerprint density at radius 3 is 2.05 bits per heavy atom. The Morgan fingerprint density at radius 2 is 1.59 bits per heavy atom. The molecule has 0 bridgehead atoms. The molecule has 3 rings (SSSR count). The average Bonchev–Trinajstić information content (AvgIpc) is 2.97. The van der Waals surface area contributed by atoms with Crippen LogP contribution in [0.25, 0.3) is 0 Å². The summed E-state index contributed by atoms with van der Waals surface area (Å²) in [4.78, 5) is 22.8. The van der Waals surface area contributed by atoms with Crippen molar-refractivity contribution in [3.63, 3.8) is 0 Å². The van der Waals surface area contributed by atoms with Crippen LogP contribution in [0.4, 0.5) is 5.69 Å². The van der Waals surface area contributed by atoms with E-state index in [4.69, 9.17) is 4.74 Å². The minimum absolute atomic E-state index is 0.158. The van der Waals surface area contributed by atoms with Crippen molar-refractivity contribution in [2.24, 2.45) is 11.8 Å². The lowest BCUT2D eigenvalue weighted by Gasteiger charge is -2.27. The molecule has 37 heavy (non-hydrogen) atoms. The molecule has 0 atom stereocenters. The minimum atomic E-state index is 0.158. The van der Waals surface area contributed by atoms with Gasteiger partial charge in [-0.25, -0.2) is 0 Å². The third-order valence-corrected chi connectivity index (χ3v) is 6.85. The minimum Gasteiger partial charge on any atom is -0.496 e. The van der Waals surface area contributed by atoms with Crippen LogP contribution in [0.5, 0.6) is 5.75 Å². The normalized spacial score (nSPS) is 15.4. The molecular formula is C32H52BrNO3. The van der Waals surface area contributed by atoms with Gasteiger partial charge < -0.3 is 10.1 Å². The summed E-state index contributed by atoms with van der Waals surface area (Å²) in [7, 11) is 1.65. The van der Waals surface area contributed by atoms with Crippen molar-refractivity contribution in [1.29, 1.82) is 0 Å². The highest BCUT2D eigenvalue weighted by Crippen LogP contribution is 2.31. The SMILES string of the molecule is CC.CC.CC.CCC1CCC(C(=O)Nc2ccc(C)c(OC)c2)CC1.CCc1c(Br)cccc1C=O. The summed E-state index contributed by atoms with van der Waals surface area (Å²) in [6.07, 6.45) is 7.43. The van der Waals surface area contributed by atoms with Gasteiger partial charge in [-0.15, -0.1) is 0 Å². The number of methoxy groups -OCH3 is 1. The molecule has 1 aliphatic carbocycles. The van der Waals surface area contributed by atoms with Gasteiger partial charge in [0.05, 0.1) is 7.11 Å². The summed E-state index contributed by atoms with van der Waals surface area (Å²) in [5.41, 5.74) is 3.77. The van der Waals surface area contributed by atoms with Gasteiger partial charge in [0.25, 0.3) is 0 Å². The molecule has 0 unspecified atom stereocenters. The summed E-state index contributed by atoms with van der Waals surface area (Å²) >= 11 is 3.39. The molecule has 4 nitrogen and oxygen atoms in total. The lowest BCUT2D eigenvalue weighted by Crippen LogP contribution is -2.27. The Morgan fingerprint density at radius 1 is 1.00 bits per heavy atom. The maximum atomic E-state index is 12.3. The maximum Gasteiger partial charge on any atom is 0.227 e. The monoisotopic (exact) mass is 577 g/mol. The highest BCUT2D eigenvalue weighted by atomic mass is 79.9. The molecule has 1 N–H and O–H groups in total. The van der Waals surface area contributed by atoms with Crippen molar-refractivity contribution < 1.29 is 14.3 Å². The van der Waals surface area contributed by atoms with Gasteiger partial charge in [-0.05, 0) is 68.2 Å². The average molecular weight is 579 g/mol. The molecule has 0 saturated heterocycles. The number of nitrogens with one attached hydrogen (secondary N) is 1. The van der Waals surface area contributed by atoms with Gasteiger partial charge in [-0.2, -0.15) is 0 Å². The topological polar surface area (TPSA) is 55.4 Å². The summed E-state index contributed by atoms with van der Waals surface area (Å²) in [5, 5.41) is 3.03. The van der Waals surface area contributed by atoms with E-state index in [1.54, 1.807) is 7.11 Å². The van der Waals surface area contributed by atoms with Crippen LogP contribution >= 0.6 is 15.9 Å². The molecule has 0 radical (unpaired) electrons. The number of benzene rings is 2. The largest absolute Gasteiger partial charge is 0.496 e. The van der Waals surface area contributed by atoms with Crippen LogP contribution in [-0.4, -0.2) is 19.3 Å². The Labute approximate surface area is 236 Å². The number of amides is 1. The number of rotatable bonds is 6. The van der Waals surface area contributed by atoms with E-state index in [-0.39, 0.29) is 11.8 Å². The van der Waals surface area contributed by atoms with E-state index in [0.29, 0.717) is 0 Å². The van der Waals surface area contributed by atoms with E-state index in [1.165, 1.54) is 19.3 Å². The zero-order valence-corrected chi connectivity index (χ0v) is 26.6. The first-order chi connectivity index (χ1) is 17.9. The zero-order chi connectivity index (χ0) is 28.8. The fraction of sp³-hybridized carbons (Fsp3) is 0.562. The number of ether oxygens (including phenoxy) is 1. The first kappa shape index (κ1) is 37.0. The van der Waals surface area contributed by atoms with Crippen molar-refractivity contribution in [3.8, 4) is 5.75 Å². The summed E-state index contributed by atoms with van der Waals surface area (Å²) in [5.74, 6) is 1.96. The maximum absolute atomic E-state index is 12.3. The number of hydrogen-bond donors (Lipinski definition) is 1. The summed E-state index contributed by atoms with van der Waals surface area (Å²) < 4.78 is 6.31. The van der Waals surface area contributed by atoms with Crippen molar-refractivity contribution in [2.75, 3.05) is 12.4 Å². The van der Waals surface area contributed by atoms with Crippen LogP contribution in [0, 0.1) is 18.8 Å². The molecule has 210 valence electrons.